The maximum absolute atomic E-state index is 12.1. The van der Waals surface area contributed by atoms with Gasteiger partial charge in [-0.15, -0.1) is 5.10 Å². The second-order valence-electron chi connectivity index (χ2n) is 6.20. The fourth-order valence-corrected chi connectivity index (χ4v) is 2.52. The number of rotatable bonds is 8. The van der Waals surface area contributed by atoms with Crippen molar-refractivity contribution in [2.45, 2.75) is 26.2 Å². The fraction of sp³-hybridized carbons (Fsp3) is 0.250. The van der Waals surface area contributed by atoms with Crippen molar-refractivity contribution in [1.82, 2.24) is 20.3 Å². The molecule has 0 saturated carbocycles. The number of nitrogens with zero attached hydrogens (tertiary/aromatic N) is 3. The molecule has 140 valence electrons. The molecule has 3 rings (SSSR count). The molecule has 27 heavy (non-hydrogen) atoms. The number of carbonyl (C=O) groups excluding carboxylic acids is 1. The first-order chi connectivity index (χ1) is 13.1. The molecular weight excluding hydrogens is 344 g/mol. The molecule has 7 heteroatoms. The number of benzene rings is 2. The zero-order chi connectivity index (χ0) is 19.1. The third-order valence-electron chi connectivity index (χ3n) is 3.94. The Morgan fingerprint density at radius 1 is 1.19 bits per heavy atom. The summed E-state index contributed by atoms with van der Waals surface area (Å²) in [6.45, 7) is 2.38. The van der Waals surface area contributed by atoms with Gasteiger partial charge in [-0.3, -0.25) is 4.79 Å². The Kier molecular flexibility index (Phi) is 6.17. The normalized spacial score (nSPS) is 11.8. The van der Waals surface area contributed by atoms with Crippen molar-refractivity contribution < 1.29 is 14.6 Å². The molecule has 0 aliphatic heterocycles. The summed E-state index contributed by atoms with van der Waals surface area (Å²) in [6.07, 6.45) is 1.57. The molecule has 1 amide bonds. The van der Waals surface area contributed by atoms with Crippen LogP contribution in [0.15, 0.2) is 60.8 Å². The first-order valence-corrected chi connectivity index (χ1v) is 8.73. The van der Waals surface area contributed by atoms with Crippen LogP contribution in [0.25, 0.3) is 11.3 Å². The minimum atomic E-state index is -0.161. The number of amides is 1. The average molecular weight is 366 g/mol. The smallest absolute Gasteiger partial charge is 0.241 e. The van der Waals surface area contributed by atoms with E-state index in [9.17, 15) is 4.79 Å². The van der Waals surface area contributed by atoms with Crippen LogP contribution in [0.3, 0.4) is 0 Å². The predicted molar refractivity (Wildman–Crippen MR) is 101 cm³/mol. The Bertz CT molecular complexity index is 862. The Labute approximate surface area is 157 Å². The molecule has 1 unspecified atom stereocenters. The Hall–Kier alpha value is -3.19. The monoisotopic (exact) mass is 366 g/mol. The third-order valence-corrected chi connectivity index (χ3v) is 3.94. The first-order valence-electron chi connectivity index (χ1n) is 8.73. The number of nitrogens with one attached hydrogen (secondary N) is 1. The van der Waals surface area contributed by atoms with E-state index in [1.54, 1.807) is 6.20 Å². The van der Waals surface area contributed by atoms with Crippen LogP contribution in [-0.4, -0.2) is 38.7 Å². The van der Waals surface area contributed by atoms with Crippen LogP contribution in [0.4, 0.5) is 0 Å². The molecule has 2 aromatic carbocycles. The predicted octanol–water partition coefficient (Wildman–Crippen LogP) is 2.02. The molecule has 0 aliphatic rings. The quantitative estimate of drug-likeness (QED) is 0.637. The van der Waals surface area contributed by atoms with Gasteiger partial charge in [0.05, 0.1) is 19.3 Å². The van der Waals surface area contributed by atoms with Gasteiger partial charge in [-0.05, 0) is 24.6 Å². The zero-order valence-electron chi connectivity index (χ0n) is 15.1. The molecule has 7 nitrogen and oxygen atoms in total. The van der Waals surface area contributed by atoms with Gasteiger partial charge >= 0.3 is 0 Å². The number of para-hydroxylation sites is 1. The Morgan fingerprint density at radius 3 is 2.63 bits per heavy atom. The molecule has 0 bridgehead atoms. The fourth-order valence-electron chi connectivity index (χ4n) is 2.52. The van der Waals surface area contributed by atoms with Crippen LogP contribution in [0.1, 0.15) is 12.5 Å². The van der Waals surface area contributed by atoms with Crippen molar-refractivity contribution in [3.05, 3.63) is 66.4 Å². The lowest BCUT2D eigenvalue weighted by atomic mass is 10.1. The van der Waals surface area contributed by atoms with Crippen molar-refractivity contribution in [3.63, 3.8) is 0 Å². The van der Waals surface area contributed by atoms with Gasteiger partial charge in [0.1, 0.15) is 24.1 Å². The maximum Gasteiger partial charge on any atom is 0.241 e. The highest BCUT2D eigenvalue weighted by molar-refractivity contribution is 5.75. The van der Waals surface area contributed by atoms with Crippen LogP contribution in [0.2, 0.25) is 0 Å². The number of aliphatic hydroxyl groups is 1. The topological polar surface area (TPSA) is 89.3 Å². The number of carbonyl (C=O) groups is 1. The van der Waals surface area contributed by atoms with Gasteiger partial charge in [0, 0.05) is 5.56 Å². The van der Waals surface area contributed by atoms with Gasteiger partial charge in [0.2, 0.25) is 5.91 Å². The molecule has 3 aromatic rings. The summed E-state index contributed by atoms with van der Waals surface area (Å²) in [5, 5.41) is 20.0. The second kappa shape index (κ2) is 8.95. The summed E-state index contributed by atoms with van der Waals surface area (Å²) in [5.41, 5.74) is 2.38. The van der Waals surface area contributed by atoms with Crippen molar-refractivity contribution in [3.8, 4) is 17.0 Å². The largest absolute Gasteiger partial charge is 0.489 e. The minimum Gasteiger partial charge on any atom is -0.489 e. The summed E-state index contributed by atoms with van der Waals surface area (Å²) in [7, 11) is 0. The van der Waals surface area contributed by atoms with E-state index in [4.69, 9.17) is 9.84 Å². The van der Waals surface area contributed by atoms with E-state index in [-0.39, 0.29) is 25.2 Å². The summed E-state index contributed by atoms with van der Waals surface area (Å²) in [6, 6.07) is 16.9. The highest BCUT2D eigenvalue weighted by Gasteiger charge is 2.10. The lowest BCUT2D eigenvalue weighted by Crippen LogP contribution is -2.35. The van der Waals surface area contributed by atoms with E-state index in [1.807, 2.05) is 61.5 Å². The highest BCUT2D eigenvalue weighted by Crippen LogP contribution is 2.16. The minimum absolute atomic E-state index is 0.000445. The molecule has 0 saturated heterocycles. The summed E-state index contributed by atoms with van der Waals surface area (Å²) in [4.78, 5) is 12.1. The Morgan fingerprint density at radius 2 is 1.93 bits per heavy atom. The van der Waals surface area contributed by atoms with Gasteiger partial charge in [0.25, 0.3) is 0 Å². The van der Waals surface area contributed by atoms with Gasteiger partial charge in [-0.2, -0.15) is 0 Å². The molecule has 1 atom stereocenters. The molecule has 0 spiro atoms. The molecule has 0 aliphatic carbocycles. The van der Waals surface area contributed by atoms with Crippen LogP contribution in [0, 0.1) is 0 Å². The van der Waals surface area contributed by atoms with Crippen molar-refractivity contribution in [2.24, 2.45) is 0 Å². The third kappa shape index (κ3) is 5.39. The molecule has 2 N–H and O–H groups in total. The van der Waals surface area contributed by atoms with Gasteiger partial charge in [-0.1, -0.05) is 47.7 Å². The lowest BCUT2D eigenvalue weighted by molar-refractivity contribution is -0.122. The maximum atomic E-state index is 12.1. The first kappa shape index (κ1) is 18.6. The van der Waals surface area contributed by atoms with Gasteiger partial charge in [-0.25, -0.2) is 4.68 Å². The summed E-state index contributed by atoms with van der Waals surface area (Å²) >= 11 is 0. The molecular formula is C20H22N4O3. The van der Waals surface area contributed by atoms with E-state index in [2.05, 4.69) is 15.6 Å². The SMILES string of the molecule is CC(CNC(=O)Cn1cc(-c2ccc(CO)cc2)nn1)Oc1ccccc1. The summed E-state index contributed by atoms with van der Waals surface area (Å²) < 4.78 is 7.22. The molecule has 0 fully saturated rings. The standard InChI is InChI=1S/C20H22N4O3/c1-15(27-18-5-3-2-4-6-18)11-21-20(26)13-24-12-19(22-23-24)17-9-7-16(14-25)8-10-17/h2-10,12,15,25H,11,13-14H2,1H3,(H,21,26). The Balaban J connectivity index is 1.48. The number of aromatic nitrogens is 3. The molecule has 1 aromatic heterocycles. The molecule has 0 radical (unpaired) electrons. The lowest BCUT2D eigenvalue weighted by Gasteiger charge is -2.15. The number of hydrogen-bond acceptors (Lipinski definition) is 5. The van der Waals surface area contributed by atoms with E-state index < -0.39 is 0 Å². The summed E-state index contributed by atoms with van der Waals surface area (Å²) in [5.74, 6) is 0.609. The highest BCUT2D eigenvalue weighted by atomic mass is 16.5. The zero-order valence-corrected chi connectivity index (χ0v) is 15.1. The van der Waals surface area contributed by atoms with E-state index in [1.165, 1.54) is 4.68 Å². The van der Waals surface area contributed by atoms with Crippen LogP contribution in [0.5, 0.6) is 5.75 Å². The van der Waals surface area contributed by atoms with Gasteiger partial charge in [0.15, 0.2) is 0 Å². The number of ether oxygens (including phenoxy) is 1. The van der Waals surface area contributed by atoms with Crippen molar-refractivity contribution in [1.29, 1.82) is 0 Å². The van der Waals surface area contributed by atoms with E-state index >= 15 is 0 Å². The van der Waals surface area contributed by atoms with Crippen LogP contribution >= 0.6 is 0 Å². The van der Waals surface area contributed by atoms with Crippen molar-refractivity contribution >= 4 is 5.91 Å². The van der Waals surface area contributed by atoms with Crippen molar-refractivity contribution in [2.75, 3.05) is 6.54 Å². The van der Waals surface area contributed by atoms with Gasteiger partial charge < -0.3 is 15.2 Å². The van der Waals surface area contributed by atoms with Crippen LogP contribution in [-0.2, 0) is 17.9 Å². The van der Waals surface area contributed by atoms with Crippen LogP contribution < -0.4 is 10.1 Å². The number of hydrogen-bond donors (Lipinski definition) is 2. The van der Waals surface area contributed by atoms with E-state index in [0.717, 1.165) is 16.9 Å². The molecule has 1 heterocycles. The van der Waals surface area contributed by atoms with E-state index in [0.29, 0.717) is 12.2 Å². The average Bonchev–Trinajstić information content (AvgIpc) is 3.15. The second-order valence-corrected chi connectivity index (χ2v) is 6.20. The number of aliphatic hydroxyl groups excluding tert-OH is 1.